The molecule has 1 amide bonds. The molecule has 0 fully saturated rings. The van der Waals surface area contributed by atoms with Crippen LogP contribution in [0.4, 0.5) is 0 Å². The Morgan fingerprint density at radius 2 is 2.05 bits per heavy atom. The summed E-state index contributed by atoms with van der Waals surface area (Å²) in [6.07, 6.45) is 0.702. The number of ether oxygens (including phenoxy) is 1. The van der Waals surface area contributed by atoms with Gasteiger partial charge in [0.05, 0.1) is 12.3 Å². The second kappa shape index (κ2) is 7.40. The van der Waals surface area contributed by atoms with Gasteiger partial charge in [-0.05, 0) is 56.2 Å². The van der Waals surface area contributed by atoms with Crippen LogP contribution < -0.4 is 10.2 Å². The minimum atomic E-state index is -0.332. The Labute approximate surface area is 129 Å². The van der Waals surface area contributed by atoms with Crippen molar-refractivity contribution in [1.29, 1.82) is 0 Å². The van der Waals surface area contributed by atoms with Crippen LogP contribution in [0.5, 0.6) is 5.75 Å². The number of hydrogen-bond acceptors (Lipinski definition) is 4. The highest BCUT2D eigenvalue weighted by Crippen LogP contribution is 2.13. The topological polar surface area (TPSA) is 79.4 Å². The van der Waals surface area contributed by atoms with Crippen LogP contribution in [0.1, 0.15) is 42.0 Å². The summed E-state index contributed by atoms with van der Waals surface area (Å²) in [4.78, 5) is 11.9. The summed E-state index contributed by atoms with van der Waals surface area (Å²) in [5.74, 6) is 0.485. The van der Waals surface area contributed by atoms with E-state index < -0.39 is 0 Å². The standard InChI is InChI=1S/C16H20N4O2/c1-4-14(12-6-8-13(9-7-12)22-5-2)18-20-16(21)15-10-11(3)17-19-15/h6-10H,4-5H2,1-3H3,(H,17,19)(H,20,21)/b18-14-. The number of carbonyl (C=O) groups excluding carboxylic acids is 1. The van der Waals surface area contributed by atoms with Crippen molar-refractivity contribution in [3.05, 3.63) is 47.3 Å². The molecular weight excluding hydrogens is 280 g/mol. The quantitative estimate of drug-likeness (QED) is 0.636. The summed E-state index contributed by atoms with van der Waals surface area (Å²) in [7, 11) is 0. The van der Waals surface area contributed by atoms with E-state index in [1.165, 1.54) is 0 Å². The number of amides is 1. The highest BCUT2D eigenvalue weighted by atomic mass is 16.5. The van der Waals surface area contributed by atoms with Gasteiger partial charge in [0.25, 0.3) is 5.91 Å². The molecule has 0 radical (unpaired) electrons. The molecule has 1 aromatic heterocycles. The predicted molar refractivity (Wildman–Crippen MR) is 85.2 cm³/mol. The zero-order chi connectivity index (χ0) is 15.9. The maximum absolute atomic E-state index is 11.9. The molecule has 0 unspecified atom stereocenters. The van der Waals surface area contributed by atoms with Gasteiger partial charge >= 0.3 is 0 Å². The van der Waals surface area contributed by atoms with E-state index in [1.54, 1.807) is 6.07 Å². The molecule has 0 saturated carbocycles. The van der Waals surface area contributed by atoms with Gasteiger partial charge in [-0.3, -0.25) is 9.89 Å². The first-order valence-electron chi connectivity index (χ1n) is 7.26. The number of aryl methyl sites for hydroxylation is 1. The molecular formula is C16H20N4O2. The van der Waals surface area contributed by atoms with Gasteiger partial charge < -0.3 is 4.74 Å². The monoisotopic (exact) mass is 300 g/mol. The summed E-state index contributed by atoms with van der Waals surface area (Å²) in [6, 6.07) is 9.31. The lowest BCUT2D eigenvalue weighted by Crippen LogP contribution is -2.20. The smallest absolute Gasteiger partial charge is 0.291 e. The molecule has 0 spiro atoms. The highest BCUT2D eigenvalue weighted by molar-refractivity contribution is 6.01. The first kappa shape index (κ1) is 15.8. The molecule has 0 atom stereocenters. The van der Waals surface area contributed by atoms with Crippen LogP contribution in [-0.2, 0) is 0 Å². The van der Waals surface area contributed by atoms with E-state index in [1.807, 2.05) is 45.0 Å². The van der Waals surface area contributed by atoms with Crippen molar-refractivity contribution in [2.24, 2.45) is 5.10 Å². The number of nitrogens with one attached hydrogen (secondary N) is 2. The third-order valence-electron chi connectivity index (χ3n) is 3.06. The average Bonchev–Trinajstić information content (AvgIpc) is 2.96. The van der Waals surface area contributed by atoms with Crippen molar-refractivity contribution in [1.82, 2.24) is 15.6 Å². The minimum Gasteiger partial charge on any atom is -0.494 e. The van der Waals surface area contributed by atoms with Crippen molar-refractivity contribution >= 4 is 11.6 Å². The molecule has 0 aliphatic carbocycles. The lowest BCUT2D eigenvalue weighted by atomic mass is 10.1. The Kier molecular flexibility index (Phi) is 5.30. The number of aromatic amines is 1. The van der Waals surface area contributed by atoms with Gasteiger partial charge in [-0.25, -0.2) is 5.43 Å². The summed E-state index contributed by atoms with van der Waals surface area (Å²) in [6.45, 7) is 6.40. The summed E-state index contributed by atoms with van der Waals surface area (Å²) < 4.78 is 5.41. The molecule has 2 aromatic rings. The first-order chi connectivity index (χ1) is 10.6. The van der Waals surface area contributed by atoms with Crippen LogP contribution in [0.15, 0.2) is 35.4 Å². The number of aromatic nitrogens is 2. The Bertz CT molecular complexity index is 659. The average molecular weight is 300 g/mol. The van der Waals surface area contributed by atoms with E-state index in [4.69, 9.17) is 4.74 Å². The number of H-pyrrole nitrogens is 1. The fraction of sp³-hybridized carbons (Fsp3) is 0.312. The molecule has 0 bridgehead atoms. The third kappa shape index (κ3) is 3.94. The number of benzene rings is 1. The Hall–Kier alpha value is -2.63. The third-order valence-corrected chi connectivity index (χ3v) is 3.06. The summed E-state index contributed by atoms with van der Waals surface area (Å²) in [5, 5.41) is 10.8. The molecule has 116 valence electrons. The van der Waals surface area contributed by atoms with Crippen molar-refractivity contribution in [2.75, 3.05) is 6.61 Å². The molecule has 6 nitrogen and oxygen atoms in total. The molecule has 6 heteroatoms. The van der Waals surface area contributed by atoms with Crippen LogP contribution in [0, 0.1) is 6.92 Å². The minimum absolute atomic E-state index is 0.323. The molecule has 2 rings (SSSR count). The predicted octanol–water partition coefficient (Wildman–Crippen LogP) is 2.66. The van der Waals surface area contributed by atoms with Crippen molar-refractivity contribution in [3.63, 3.8) is 0 Å². The number of hydrazone groups is 1. The van der Waals surface area contributed by atoms with E-state index in [0.29, 0.717) is 18.7 Å². The van der Waals surface area contributed by atoms with Crippen LogP contribution in [0.3, 0.4) is 0 Å². The van der Waals surface area contributed by atoms with E-state index in [9.17, 15) is 4.79 Å². The van der Waals surface area contributed by atoms with Gasteiger partial charge in [0.2, 0.25) is 0 Å². The van der Waals surface area contributed by atoms with Gasteiger partial charge in [-0.15, -0.1) is 0 Å². The highest BCUT2D eigenvalue weighted by Gasteiger charge is 2.09. The number of nitrogens with zero attached hydrogens (tertiary/aromatic N) is 2. The van der Waals surface area contributed by atoms with Gasteiger partial charge in [-0.2, -0.15) is 10.2 Å². The second-order valence-electron chi connectivity index (χ2n) is 4.75. The van der Waals surface area contributed by atoms with Gasteiger partial charge in [-0.1, -0.05) is 6.92 Å². The van der Waals surface area contributed by atoms with E-state index in [0.717, 1.165) is 22.7 Å². The van der Waals surface area contributed by atoms with Crippen LogP contribution in [0.25, 0.3) is 0 Å². The molecule has 0 aliphatic heterocycles. The van der Waals surface area contributed by atoms with Crippen LogP contribution in [0.2, 0.25) is 0 Å². The van der Waals surface area contributed by atoms with Gasteiger partial charge in [0, 0.05) is 5.69 Å². The first-order valence-corrected chi connectivity index (χ1v) is 7.26. The zero-order valence-electron chi connectivity index (χ0n) is 13.0. The summed E-state index contributed by atoms with van der Waals surface area (Å²) in [5.41, 5.74) is 5.43. The fourth-order valence-electron chi connectivity index (χ4n) is 1.97. The van der Waals surface area contributed by atoms with E-state index in [-0.39, 0.29) is 5.91 Å². The Morgan fingerprint density at radius 3 is 2.59 bits per heavy atom. The zero-order valence-corrected chi connectivity index (χ0v) is 13.0. The molecule has 1 aromatic carbocycles. The Balaban J connectivity index is 2.08. The van der Waals surface area contributed by atoms with Crippen LogP contribution >= 0.6 is 0 Å². The maximum atomic E-state index is 11.9. The fourth-order valence-corrected chi connectivity index (χ4v) is 1.97. The van der Waals surface area contributed by atoms with Crippen LogP contribution in [-0.4, -0.2) is 28.4 Å². The van der Waals surface area contributed by atoms with Crippen molar-refractivity contribution in [3.8, 4) is 5.75 Å². The van der Waals surface area contributed by atoms with Gasteiger partial charge in [0.15, 0.2) is 5.69 Å². The largest absolute Gasteiger partial charge is 0.494 e. The van der Waals surface area contributed by atoms with Crippen molar-refractivity contribution in [2.45, 2.75) is 27.2 Å². The van der Waals surface area contributed by atoms with E-state index >= 15 is 0 Å². The maximum Gasteiger partial charge on any atom is 0.291 e. The SMILES string of the molecule is CCOc1ccc(/C(CC)=N\NC(=O)c2cc(C)[nH]n2)cc1. The summed E-state index contributed by atoms with van der Waals surface area (Å²) >= 11 is 0. The van der Waals surface area contributed by atoms with Crippen molar-refractivity contribution < 1.29 is 9.53 Å². The molecule has 0 saturated heterocycles. The number of carbonyl (C=O) groups is 1. The second-order valence-corrected chi connectivity index (χ2v) is 4.75. The molecule has 1 heterocycles. The van der Waals surface area contributed by atoms with E-state index in [2.05, 4.69) is 20.7 Å². The lowest BCUT2D eigenvalue weighted by molar-refractivity contribution is 0.0950. The molecule has 22 heavy (non-hydrogen) atoms. The molecule has 2 N–H and O–H groups in total. The lowest BCUT2D eigenvalue weighted by Gasteiger charge is -2.07. The molecule has 0 aliphatic rings. The Morgan fingerprint density at radius 1 is 1.32 bits per heavy atom. The van der Waals surface area contributed by atoms with Gasteiger partial charge in [0.1, 0.15) is 5.75 Å². The number of rotatable bonds is 6. The normalized spacial score (nSPS) is 11.3. The number of hydrogen-bond donors (Lipinski definition) is 2.